The number of carboxylic acid groups (broad SMARTS) is 1. The third-order valence-electron chi connectivity index (χ3n) is 6.94. The zero-order valence-corrected chi connectivity index (χ0v) is 20.4. The molecular formula is C26H33N7O2. The summed E-state index contributed by atoms with van der Waals surface area (Å²) in [6, 6.07) is 4.07. The van der Waals surface area contributed by atoms with Crippen molar-refractivity contribution >= 4 is 23.4 Å². The Morgan fingerprint density at radius 2 is 1.83 bits per heavy atom. The van der Waals surface area contributed by atoms with Crippen LogP contribution in [0.3, 0.4) is 0 Å². The molecular weight excluding hydrogens is 442 g/mol. The van der Waals surface area contributed by atoms with Gasteiger partial charge in [0.25, 0.3) is 0 Å². The number of aromatic carboxylic acids is 1. The Balaban J connectivity index is 1.72. The first-order valence-electron chi connectivity index (χ1n) is 12.5. The van der Waals surface area contributed by atoms with E-state index in [1.807, 2.05) is 13.8 Å². The normalized spacial score (nSPS) is 17.3. The van der Waals surface area contributed by atoms with Crippen molar-refractivity contribution in [2.24, 2.45) is 11.8 Å². The summed E-state index contributed by atoms with van der Waals surface area (Å²) in [6.07, 6.45) is 10.4. The fourth-order valence-corrected chi connectivity index (χ4v) is 4.82. The van der Waals surface area contributed by atoms with Crippen molar-refractivity contribution in [3.63, 3.8) is 0 Å². The molecule has 2 aliphatic rings. The van der Waals surface area contributed by atoms with Gasteiger partial charge < -0.3 is 20.7 Å². The van der Waals surface area contributed by atoms with Crippen LogP contribution in [0.15, 0.2) is 18.5 Å². The van der Waals surface area contributed by atoms with Crippen LogP contribution in [0.2, 0.25) is 0 Å². The van der Waals surface area contributed by atoms with Gasteiger partial charge in [0.2, 0.25) is 5.95 Å². The summed E-state index contributed by atoms with van der Waals surface area (Å²) >= 11 is 0. The first kappa shape index (κ1) is 24.6. The summed E-state index contributed by atoms with van der Waals surface area (Å²) in [6.45, 7) is 5.36. The lowest BCUT2D eigenvalue weighted by atomic mass is 9.91. The Kier molecular flexibility index (Phi) is 7.59. The molecule has 184 valence electrons. The van der Waals surface area contributed by atoms with Gasteiger partial charge in [-0.25, -0.2) is 19.7 Å². The molecule has 0 bridgehead atoms. The fourth-order valence-electron chi connectivity index (χ4n) is 4.82. The van der Waals surface area contributed by atoms with Crippen molar-refractivity contribution in [2.75, 3.05) is 23.3 Å². The predicted molar refractivity (Wildman–Crippen MR) is 135 cm³/mol. The Bertz CT molecular complexity index is 1110. The number of anilines is 2. The largest absolute Gasteiger partial charge is 0.477 e. The molecule has 2 fully saturated rings. The minimum atomic E-state index is -1.11. The number of carbonyl (C=O) groups is 1. The van der Waals surface area contributed by atoms with Gasteiger partial charge in [-0.15, -0.1) is 0 Å². The number of hydrogen-bond acceptors (Lipinski definition) is 8. The second-order valence-corrected chi connectivity index (χ2v) is 9.79. The van der Waals surface area contributed by atoms with Gasteiger partial charge >= 0.3 is 5.97 Å². The molecule has 0 spiro atoms. The highest BCUT2D eigenvalue weighted by Crippen LogP contribution is 2.33. The van der Waals surface area contributed by atoms with E-state index in [0.717, 1.165) is 51.6 Å². The number of aromatic nitrogens is 3. The number of nitrogens with zero attached hydrogens (tertiary/aromatic N) is 5. The van der Waals surface area contributed by atoms with E-state index in [1.165, 1.54) is 12.5 Å². The summed E-state index contributed by atoms with van der Waals surface area (Å²) < 4.78 is 0. The van der Waals surface area contributed by atoms with Crippen LogP contribution in [0.4, 0.5) is 11.8 Å². The molecule has 0 radical (unpaired) electrons. The van der Waals surface area contributed by atoms with Crippen molar-refractivity contribution in [3.8, 4) is 17.2 Å². The van der Waals surface area contributed by atoms with E-state index in [4.69, 9.17) is 10.7 Å². The van der Waals surface area contributed by atoms with Crippen molar-refractivity contribution < 1.29 is 9.90 Å². The van der Waals surface area contributed by atoms with Gasteiger partial charge in [-0.05, 0) is 43.2 Å². The number of piperidine rings is 1. The van der Waals surface area contributed by atoms with Gasteiger partial charge in [0.1, 0.15) is 5.82 Å². The molecule has 0 atom stereocenters. The maximum absolute atomic E-state index is 12.0. The predicted octanol–water partition coefficient (Wildman–Crippen LogP) is 4.75. The van der Waals surface area contributed by atoms with E-state index < -0.39 is 5.97 Å². The first-order valence-corrected chi connectivity index (χ1v) is 12.5. The van der Waals surface area contributed by atoms with E-state index in [9.17, 15) is 9.90 Å². The SMILES string of the molecule is CC(C)C(=N)c1c(-c2cnc(N3CCC(C#N)CC3)nc2)cc(C(=O)O)nc1NC1CCCCC1. The van der Waals surface area contributed by atoms with Crippen LogP contribution in [-0.2, 0) is 0 Å². The summed E-state index contributed by atoms with van der Waals surface area (Å²) in [4.78, 5) is 27.6. The van der Waals surface area contributed by atoms with E-state index in [2.05, 4.69) is 31.2 Å². The maximum Gasteiger partial charge on any atom is 0.354 e. The van der Waals surface area contributed by atoms with E-state index in [1.54, 1.807) is 12.4 Å². The zero-order valence-electron chi connectivity index (χ0n) is 20.4. The molecule has 9 heteroatoms. The lowest BCUT2D eigenvalue weighted by molar-refractivity contribution is 0.0690. The molecule has 0 aromatic carbocycles. The summed E-state index contributed by atoms with van der Waals surface area (Å²) in [5.41, 5.74) is 2.19. The van der Waals surface area contributed by atoms with Crippen molar-refractivity contribution in [2.45, 2.75) is 64.8 Å². The smallest absolute Gasteiger partial charge is 0.354 e. The van der Waals surface area contributed by atoms with E-state index in [-0.39, 0.29) is 23.6 Å². The molecule has 4 rings (SSSR count). The van der Waals surface area contributed by atoms with Crippen LogP contribution in [0.25, 0.3) is 11.1 Å². The van der Waals surface area contributed by atoms with E-state index >= 15 is 0 Å². The van der Waals surface area contributed by atoms with Crippen molar-refractivity contribution in [1.82, 2.24) is 15.0 Å². The van der Waals surface area contributed by atoms with Crippen LogP contribution in [0, 0.1) is 28.6 Å². The van der Waals surface area contributed by atoms with Gasteiger partial charge in [-0.2, -0.15) is 5.26 Å². The lowest BCUT2D eigenvalue weighted by Gasteiger charge is -2.29. The Morgan fingerprint density at radius 3 is 2.40 bits per heavy atom. The molecule has 1 saturated carbocycles. The van der Waals surface area contributed by atoms with Crippen LogP contribution < -0.4 is 10.2 Å². The summed E-state index contributed by atoms with van der Waals surface area (Å²) in [5.74, 6) is -0.0541. The van der Waals surface area contributed by atoms with Gasteiger partial charge in [-0.3, -0.25) is 0 Å². The number of rotatable bonds is 7. The van der Waals surface area contributed by atoms with Crippen LogP contribution in [0.1, 0.15) is 74.8 Å². The number of pyridine rings is 1. The summed E-state index contributed by atoms with van der Waals surface area (Å²) in [7, 11) is 0. The van der Waals surface area contributed by atoms with Gasteiger partial charge in [-0.1, -0.05) is 33.1 Å². The first-order chi connectivity index (χ1) is 16.9. The van der Waals surface area contributed by atoms with Gasteiger partial charge in [0.15, 0.2) is 5.69 Å². The highest BCUT2D eigenvalue weighted by Gasteiger charge is 2.25. The molecule has 0 amide bonds. The Labute approximate surface area is 206 Å². The number of nitriles is 1. The number of carboxylic acids is 1. The van der Waals surface area contributed by atoms with Crippen LogP contribution in [0.5, 0.6) is 0 Å². The minimum absolute atomic E-state index is 0.0683. The molecule has 3 heterocycles. The topological polar surface area (TPSA) is 139 Å². The maximum atomic E-state index is 12.0. The van der Waals surface area contributed by atoms with Crippen molar-refractivity contribution in [1.29, 1.82) is 10.7 Å². The third-order valence-corrected chi connectivity index (χ3v) is 6.94. The summed E-state index contributed by atoms with van der Waals surface area (Å²) in [5, 5.41) is 31.2. The standard InChI is InChI=1S/C26H33N7O2/c1-16(2)23(28)22-20(12-21(25(34)35)32-24(22)31-19-6-4-3-5-7-19)18-14-29-26(30-15-18)33-10-8-17(13-27)9-11-33/h12,14-17,19,28H,3-11H2,1-2H3,(H,31,32)(H,34,35). The highest BCUT2D eigenvalue weighted by atomic mass is 16.4. The van der Waals surface area contributed by atoms with E-state index in [0.29, 0.717) is 34.2 Å². The van der Waals surface area contributed by atoms with Crippen LogP contribution in [-0.4, -0.2) is 50.9 Å². The Morgan fingerprint density at radius 1 is 1.17 bits per heavy atom. The average Bonchev–Trinajstić information content (AvgIpc) is 2.88. The molecule has 1 aliphatic heterocycles. The molecule has 1 aliphatic carbocycles. The molecule has 2 aromatic rings. The Hall–Kier alpha value is -3.54. The minimum Gasteiger partial charge on any atom is -0.477 e. The quantitative estimate of drug-likeness (QED) is 0.488. The highest BCUT2D eigenvalue weighted by molar-refractivity contribution is 6.09. The molecule has 3 N–H and O–H groups in total. The second-order valence-electron chi connectivity index (χ2n) is 9.79. The molecule has 35 heavy (non-hydrogen) atoms. The number of hydrogen-bond donors (Lipinski definition) is 3. The van der Waals surface area contributed by atoms with Crippen LogP contribution >= 0.6 is 0 Å². The number of nitrogens with one attached hydrogen (secondary N) is 2. The zero-order chi connectivity index (χ0) is 24.9. The lowest BCUT2D eigenvalue weighted by Crippen LogP contribution is -2.34. The molecule has 9 nitrogen and oxygen atoms in total. The van der Waals surface area contributed by atoms with Gasteiger partial charge in [0, 0.05) is 54.3 Å². The van der Waals surface area contributed by atoms with Crippen molar-refractivity contribution in [3.05, 3.63) is 29.7 Å². The fraction of sp³-hybridized carbons (Fsp3) is 0.538. The molecule has 2 aromatic heterocycles. The van der Waals surface area contributed by atoms with Gasteiger partial charge in [0.05, 0.1) is 6.07 Å². The molecule has 0 unspecified atom stereocenters. The molecule has 1 saturated heterocycles. The monoisotopic (exact) mass is 475 g/mol. The second kappa shape index (κ2) is 10.8. The third kappa shape index (κ3) is 5.59. The average molecular weight is 476 g/mol.